The van der Waals surface area contributed by atoms with E-state index in [0.29, 0.717) is 0 Å². The summed E-state index contributed by atoms with van der Waals surface area (Å²) >= 11 is 0. The highest BCUT2D eigenvalue weighted by molar-refractivity contribution is 4.91. The lowest BCUT2D eigenvalue weighted by molar-refractivity contribution is -0.348. The molecular weight excluding hydrogens is 192 g/mol. The average molecular weight is 206 g/mol. The van der Waals surface area contributed by atoms with E-state index < -0.39 is 37.0 Å². The molecule has 0 bridgehead atoms. The van der Waals surface area contributed by atoms with E-state index in [1.807, 2.05) is 0 Å². The fourth-order valence-corrected chi connectivity index (χ4v) is 1.71. The summed E-state index contributed by atoms with van der Waals surface area (Å²) in [6, 6.07) is 0. The van der Waals surface area contributed by atoms with Gasteiger partial charge in [0, 0.05) is 0 Å². The molecule has 0 saturated carbocycles. The number of ether oxygens (including phenoxy) is 3. The summed E-state index contributed by atoms with van der Waals surface area (Å²) in [6.07, 6.45) is -5.46. The van der Waals surface area contributed by atoms with Crippen LogP contribution in [0, 0.1) is 0 Å². The maximum absolute atomic E-state index is 9.59. The van der Waals surface area contributed by atoms with Gasteiger partial charge >= 0.3 is 0 Å². The third-order valence-corrected chi connectivity index (χ3v) is 2.50. The van der Waals surface area contributed by atoms with Crippen LogP contribution >= 0.6 is 0 Å². The molecule has 2 rings (SSSR count). The predicted octanol–water partition coefficient (Wildman–Crippen LogP) is -1.81. The normalized spacial score (nSPS) is 54.0. The molecule has 0 unspecified atom stereocenters. The number of aliphatic hydroxyl groups is 3. The summed E-state index contributed by atoms with van der Waals surface area (Å²) in [5.41, 5.74) is 0. The Morgan fingerprint density at radius 3 is 2.50 bits per heavy atom. The first-order valence-electron chi connectivity index (χ1n) is 4.56. The van der Waals surface area contributed by atoms with Gasteiger partial charge in [-0.05, 0) is 6.92 Å². The Labute approximate surface area is 81.0 Å². The second-order valence-electron chi connectivity index (χ2n) is 3.55. The van der Waals surface area contributed by atoms with Crippen molar-refractivity contribution in [2.75, 3.05) is 6.61 Å². The van der Waals surface area contributed by atoms with Gasteiger partial charge < -0.3 is 29.5 Å². The van der Waals surface area contributed by atoms with Crippen LogP contribution in [0.25, 0.3) is 0 Å². The Morgan fingerprint density at radius 2 is 1.79 bits per heavy atom. The third kappa shape index (κ3) is 1.65. The lowest BCUT2D eigenvalue weighted by Crippen LogP contribution is -2.62. The van der Waals surface area contributed by atoms with Gasteiger partial charge in [0.05, 0.1) is 6.61 Å². The minimum Gasteiger partial charge on any atom is -0.387 e. The van der Waals surface area contributed by atoms with Crippen molar-refractivity contribution >= 4 is 0 Å². The summed E-state index contributed by atoms with van der Waals surface area (Å²) in [5, 5.41) is 28.1. The standard InChI is InChI=1S/C8H14O6/c1-3-12-2-4-7(13-3)5(9)6(10)8(11)14-4/h3-11H,2H2,1H3/t3-,4+,5+,6+,7+,8+/m1/s1. The third-order valence-electron chi connectivity index (χ3n) is 2.50. The van der Waals surface area contributed by atoms with E-state index in [4.69, 9.17) is 14.2 Å². The molecule has 0 radical (unpaired) electrons. The van der Waals surface area contributed by atoms with E-state index in [2.05, 4.69) is 0 Å². The number of rotatable bonds is 0. The van der Waals surface area contributed by atoms with Crippen LogP contribution in [0.3, 0.4) is 0 Å². The molecule has 6 nitrogen and oxygen atoms in total. The fraction of sp³-hybridized carbons (Fsp3) is 1.00. The van der Waals surface area contributed by atoms with Gasteiger partial charge in [-0.25, -0.2) is 0 Å². The van der Waals surface area contributed by atoms with E-state index in [1.165, 1.54) is 0 Å². The van der Waals surface area contributed by atoms with Gasteiger partial charge in [0.15, 0.2) is 12.6 Å². The Balaban J connectivity index is 2.08. The number of aliphatic hydroxyl groups excluding tert-OH is 3. The van der Waals surface area contributed by atoms with E-state index in [1.54, 1.807) is 6.92 Å². The van der Waals surface area contributed by atoms with E-state index >= 15 is 0 Å². The quantitative estimate of drug-likeness (QED) is 0.433. The molecule has 6 heteroatoms. The second-order valence-corrected chi connectivity index (χ2v) is 3.55. The molecule has 0 aliphatic carbocycles. The molecule has 82 valence electrons. The smallest absolute Gasteiger partial charge is 0.184 e. The lowest BCUT2D eigenvalue weighted by atomic mass is 9.98. The van der Waals surface area contributed by atoms with Crippen LogP contribution in [0.4, 0.5) is 0 Å². The van der Waals surface area contributed by atoms with Crippen molar-refractivity contribution in [3.05, 3.63) is 0 Å². The van der Waals surface area contributed by atoms with Gasteiger partial charge in [-0.2, -0.15) is 0 Å². The predicted molar refractivity (Wildman–Crippen MR) is 43.2 cm³/mol. The molecular formula is C8H14O6. The highest BCUT2D eigenvalue weighted by Gasteiger charge is 2.47. The highest BCUT2D eigenvalue weighted by atomic mass is 16.7. The topological polar surface area (TPSA) is 88.4 Å². The van der Waals surface area contributed by atoms with E-state index in [9.17, 15) is 15.3 Å². The number of hydrogen-bond donors (Lipinski definition) is 3. The molecule has 2 aliphatic rings. The minimum atomic E-state index is -1.38. The van der Waals surface area contributed by atoms with Crippen LogP contribution in [0.1, 0.15) is 6.92 Å². The molecule has 2 fully saturated rings. The zero-order valence-electron chi connectivity index (χ0n) is 7.74. The molecule has 0 aromatic carbocycles. The lowest BCUT2D eigenvalue weighted by Gasteiger charge is -2.44. The first-order valence-corrected chi connectivity index (χ1v) is 4.56. The van der Waals surface area contributed by atoms with Gasteiger partial charge in [-0.15, -0.1) is 0 Å². The Bertz CT molecular complexity index is 208. The summed E-state index contributed by atoms with van der Waals surface area (Å²) in [4.78, 5) is 0. The van der Waals surface area contributed by atoms with Crippen molar-refractivity contribution in [3.63, 3.8) is 0 Å². The molecule has 0 spiro atoms. The molecule has 3 N–H and O–H groups in total. The van der Waals surface area contributed by atoms with Gasteiger partial charge in [0.2, 0.25) is 0 Å². The van der Waals surface area contributed by atoms with Crippen molar-refractivity contribution in [1.82, 2.24) is 0 Å². The maximum atomic E-state index is 9.59. The van der Waals surface area contributed by atoms with Gasteiger partial charge in [0.1, 0.15) is 24.4 Å². The minimum absolute atomic E-state index is 0.243. The maximum Gasteiger partial charge on any atom is 0.184 e. The van der Waals surface area contributed by atoms with Gasteiger partial charge in [-0.3, -0.25) is 0 Å². The second kappa shape index (κ2) is 3.73. The monoisotopic (exact) mass is 206 g/mol. The number of fused-ring (bicyclic) bond motifs is 1. The van der Waals surface area contributed by atoms with Crippen molar-refractivity contribution in [3.8, 4) is 0 Å². The van der Waals surface area contributed by atoms with Gasteiger partial charge in [-0.1, -0.05) is 0 Å². The molecule has 0 amide bonds. The molecule has 2 saturated heterocycles. The van der Waals surface area contributed by atoms with Gasteiger partial charge in [0.25, 0.3) is 0 Å². The summed E-state index contributed by atoms with van der Waals surface area (Å²) in [6.45, 7) is 1.94. The van der Waals surface area contributed by atoms with Crippen LogP contribution in [0.15, 0.2) is 0 Å². The van der Waals surface area contributed by atoms with Crippen molar-refractivity contribution in [1.29, 1.82) is 0 Å². The summed E-state index contributed by atoms with van der Waals surface area (Å²) < 4.78 is 15.4. The van der Waals surface area contributed by atoms with Crippen molar-refractivity contribution < 1.29 is 29.5 Å². The zero-order chi connectivity index (χ0) is 10.3. The first kappa shape index (κ1) is 10.3. The average Bonchev–Trinajstić information content (AvgIpc) is 2.16. The van der Waals surface area contributed by atoms with Crippen LogP contribution in [0.5, 0.6) is 0 Å². The Hall–Kier alpha value is -0.240. The van der Waals surface area contributed by atoms with E-state index in [-0.39, 0.29) is 6.61 Å². The Morgan fingerprint density at radius 1 is 1.07 bits per heavy atom. The number of hydrogen-bond acceptors (Lipinski definition) is 6. The van der Waals surface area contributed by atoms with Crippen LogP contribution in [-0.2, 0) is 14.2 Å². The largest absolute Gasteiger partial charge is 0.387 e. The van der Waals surface area contributed by atoms with Crippen molar-refractivity contribution in [2.24, 2.45) is 0 Å². The molecule has 2 aliphatic heterocycles. The molecule has 14 heavy (non-hydrogen) atoms. The zero-order valence-corrected chi connectivity index (χ0v) is 7.74. The molecule has 6 atom stereocenters. The van der Waals surface area contributed by atoms with E-state index in [0.717, 1.165) is 0 Å². The molecule has 0 aromatic heterocycles. The first-order chi connectivity index (χ1) is 6.59. The Kier molecular flexibility index (Phi) is 2.74. The fourth-order valence-electron chi connectivity index (χ4n) is 1.71. The summed E-state index contributed by atoms with van der Waals surface area (Å²) in [5.74, 6) is 0. The van der Waals surface area contributed by atoms with Crippen LogP contribution in [-0.4, -0.2) is 58.9 Å². The SMILES string of the molecule is C[C@@H]1OC[C@@H]2O[C@H](O)[C@@H](O)[C@H](O)[C@H]2O1. The van der Waals surface area contributed by atoms with Crippen LogP contribution < -0.4 is 0 Å². The highest BCUT2D eigenvalue weighted by Crippen LogP contribution is 2.27. The molecule has 2 heterocycles. The summed E-state index contributed by atoms with van der Waals surface area (Å²) in [7, 11) is 0. The van der Waals surface area contributed by atoms with Crippen LogP contribution in [0.2, 0.25) is 0 Å². The van der Waals surface area contributed by atoms with Crippen molar-refractivity contribution in [2.45, 2.75) is 43.9 Å². The molecule has 0 aromatic rings.